The molecule has 8 aromatic rings. The molecule has 3 heterocycles. The number of hydrogen-bond acceptors (Lipinski definition) is 3. The van der Waals surface area contributed by atoms with Crippen molar-refractivity contribution in [3.63, 3.8) is 0 Å². The third-order valence-corrected chi connectivity index (χ3v) is 9.46. The Hall–Kier alpha value is -5.54. The molecule has 1 radical (unpaired) electrons. The van der Waals surface area contributed by atoms with Gasteiger partial charge in [0.25, 0.3) is 0 Å². The van der Waals surface area contributed by atoms with Crippen LogP contribution in [0.3, 0.4) is 0 Å². The third kappa shape index (κ3) is 8.80. The maximum absolute atomic E-state index is 4.88. The molecule has 0 bridgehead atoms. The molecule has 0 aliphatic heterocycles. The smallest absolute Gasteiger partial charge is 0.0770 e. The molecule has 54 heavy (non-hydrogen) atoms. The van der Waals surface area contributed by atoms with Crippen molar-refractivity contribution in [3.05, 3.63) is 186 Å². The van der Waals surface area contributed by atoms with Gasteiger partial charge in [0.1, 0.15) is 0 Å². The fourth-order valence-electron chi connectivity index (χ4n) is 6.57. The summed E-state index contributed by atoms with van der Waals surface area (Å²) in [5.74, 6) is 0. The zero-order chi connectivity index (χ0) is 37.0. The molecule has 269 valence electrons. The molecule has 0 saturated carbocycles. The van der Waals surface area contributed by atoms with Crippen LogP contribution in [0.1, 0.15) is 43.0 Å². The predicted molar refractivity (Wildman–Crippen MR) is 222 cm³/mol. The average molecular weight is 878 g/mol. The number of benzene rings is 5. The van der Waals surface area contributed by atoms with Crippen molar-refractivity contribution in [2.45, 2.75) is 47.0 Å². The van der Waals surface area contributed by atoms with E-state index in [1.165, 1.54) is 44.5 Å². The molecule has 0 fully saturated rings. The summed E-state index contributed by atoms with van der Waals surface area (Å²) in [4.78, 5) is 13.8. The van der Waals surface area contributed by atoms with E-state index < -0.39 is 0 Å². The Morgan fingerprint density at radius 3 is 1.93 bits per heavy atom. The maximum atomic E-state index is 4.88. The van der Waals surface area contributed by atoms with E-state index in [-0.39, 0.29) is 25.5 Å². The average Bonchev–Trinajstić information content (AvgIpc) is 3.18. The summed E-state index contributed by atoms with van der Waals surface area (Å²) in [7, 11) is 0. The van der Waals surface area contributed by atoms with E-state index in [0.29, 0.717) is 0 Å². The van der Waals surface area contributed by atoms with Crippen LogP contribution in [0.4, 0.5) is 0 Å². The van der Waals surface area contributed by atoms with E-state index in [9.17, 15) is 0 Å². The maximum Gasteiger partial charge on any atom is 0.0770 e. The minimum Gasteiger partial charge on any atom is -0.305 e. The fourth-order valence-corrected chi connectivity index (χ4v) is 6.57. The SMILES string of the molecule is Cc1ccc(-c2cc(C)cc(-c3ccc(-c4cc[c-]c(-c5cc(C(C)(C)C)ccn5)c4)c4ncccc34)c2)cc1.Cc1ccnc(-c2[c-]cccc2)c1.[Ir]. The molecule has 0 N–H and O–H groups in total. The van der Waals surface area contributed by atoms with Gasteiger partial charge in [-0.25, -0.2) is 0 Å². The molecule has 0 spiro atoms. The van der Waals surface area contributed by atoms with Gasteiger partial charge in [-0.15, -0.1) is 65.7 Å². The molecule has 0 amide bonds. The number of fused-ring (bicyclic) bond motifs is 1. The van der Waals surface area contributed by atoms with Crippen LogP contribution >= 0.6 is 0 Å². The standard InChI is InChI=1S/C38H33N2.C12H10N.Ir/c1-25-11-13-27(14-12-25)30-20-26(2)21-31(23-30)33-15-16-34(37-35(33)10-7-18-40-37)28-8-6-9-29(22-28)36-24-32(17-19-39-36)38(3,4)5;1-10-7-8-13-12(9-10)11-5-3-2-4-6-11;/h6-8,10-24H,1-5H3;2-5,7-9H,1H3;/q2*-1;. The predicted octanol–water partition coefficient (Wildman–Crippen LogP) is 12.9. The number of aryl methyl sites for hydroxylation is 3. The molecule has 0 saturated heterocycles. The van der Waals surface area contributed by atoms with Gasteiger partial charge in [-0.3, -0.25) is 4.98 Å². The van der Waals surface area contributed by atoms with Crippen molar-refractivity contribution in [1.29, 1.82) is 0 Å². The van der Waals surface area contributed by atoms with Crippen molar-refractivity contribution in [2.24, 2.45) is 0 Å². The van der Waals surface area contributed by atoms with Crippen LogP contribution in [-0.2, 0) is 25.5 Å². The molecule has 8 rings (SSSR count). The summed E-state index contributed by atoms with van der Waals surface area (Å²) < 4.78 is 0. The van der Waals surface area contributed by atoms with Crippen molar-refractivity contribution in [3.8, 4) is 55.9 Å². The Morgan fingerprint density at radius 2 is 1.19 bits per heavy atom. The van der Waals surface area contributed by atoms with E-state index in [0.717, 1.165) is 44.5 Å². The van der Waals surface area contributed by atoms with Gasteiger partial charge < -0.3 is 9.97 Å². The topological polar surface area (TPSA) is 38.7 Å². The zero-order valence-electron chi connectivity index (χ0n) is 31.6. The molecule has 0 aliphatic rings. The Balaban J connectivity index is 0.000000300. The molecular formula is C50H43IrN3-2. The molecule has 0 unspecified atom stereocenters. The fraction of sp³-hybridized carbons (Fsp3) is 0.140. The molecule has 3 aromatic heterocycles. The van der Waals surface area contributed by atoms with E-state index in [1.807, 2.05) is 61.1 Å². The Morgan fingerprint density at radius 1 is 0.463 bits per heavy atom. The Kier molecular flexibility index (Phi) is 11.8. The van der Waals surface area contributed by atoms with E-state index in [2.05, 4.69) is 155 Å². The van der Waals surface area contributed by atoms with Gasteiger partial charge in [-0.1, -0.05) is 104 Å². The van der Waals surface area contributed by atoms with Gasteiger partial charge in [0.2, 0.25) is 0 Å². The summed E-state index contributed by atoms with van der Waals surface area (Å²) >= 11 is 0. The van der Waals surface area contributed by atoms with Crippen LogP contribution in [0.2, 0.25) is 0 Å². The second-order valence-corrected chi connectivity index (χ2v) is 14.7. The number of nitrogens with zero attached hydrogens (tertiary/aromatic N) is 3. The minimum atomic E-state index is 0. The number of aromatic nitrogens is 3. The zero-order valence-corrected chi connectivity index (χ0v) is 34.0. The summed E-state index contributed by atoms with van der Waals surface area (Å²) in [6.07, 6.45) is 5.61. The van der Waals surface area contributed by atoms with E-state index in [1.54, 1.807) is 0 Å². The van der Waals surface area contributed by atoms with Crippen LogP contribution in [0.25, 0.3) is 66.8 Å². The van der Waals surface area contributed by atoms with Gasteiger partial charge >= 0.3 is 0 Å². The Labute approximate surface area is 333 Å². The quantitative estimate of drug-likeness (QED) is 0.162. The largest absolute Gasteiger partial charge is 0.305 e. The first kappa shape index (κ1) is 38.2. The van der Waals surface area contributed by atoms with Crippen molar-refractivity contribution >= 4 is 10.9 Å². The van der Waals surface area contributed by atoms with Gasteiger partial charge in [-0.05, 0) is 101 Å². The van der Waals surface area contributed by atoms with Crippen molar-refractivity contribution in [2.75, 3.05) is 0 Å². The second kappa shape index (κ2) is 16.6. The monoisotopic (exact) mass is 878 g/mol. The van der Waals surface area contributed by atoms with Gasteiger partial charge in [0.15, 0.2) is 0 Å². The summed E-state index contributed by atoms with van der Waals surface area (Å²) in [6.45, 7) is 13.0. The normalized spacial score (nSPS) is 11.0. The number of pyridine rings is 3. The first-order chi connectivity index (χ1) is 25.6. The Bertz CT molecular complexity index is 2520. The molecule has 3 nitrogen and oxygen atoms in total. The van der Waals surface area contributed by atoms with E-state index in [4.69, 9.17) is 4.98 Å². The summed E-state index contributed by atoms with van der Waals surface area (Å²) in [6, 6.07) is 53.3. The molecule has 5 aromatic carbocycles. The van der Waals surface area contributed by atoms with Crippen LogP contribution in [0, 0.1) is 32.9 Å². The second-order valence-electron chi connectivity index (χ2n) is 14.7. The van der Waals surface area contributed by atoms with Crippen molar-refractivity contribution in [1.82, 2.24) is 15.0 Å². The first-order valence-electron chi connectivity index (χ1n) is 18.1. The molecular weight excluding hydrogens is 835 g/mol. The van der Waals surface area contributed by atoms with Crippen LogP contribution in [-0.4, -0.2) is 15.0 Å². The van der Waals surface area contributed by atoms with Crippen LogP contribution < -0.4 is 0 Å². The number of hydrogen-bond donors (Lipinski definition) is 0. The van der Waals surface area contributed by atoms with Gasteiger partial charge in [0.05, 0.1) is 5.52 Å². The summed E-state index contributed by atoms with van der Waals surface area (Å²) in [5.41, 5.74) is 17.0. The minimum absolute atomic E-state index is 0. The van der Waals surface area contributed by atoms with Crippen molar-refractivity contribution < 1.29 is 20.1 Å². The van der Waals surface area contributed by atoms with Crippen LogP contribution in [0.15, 0.2) is 152 Å². The van der Waals surface area contributed by atoms with Gasteiger partial charge in [0, 0.05) is 44.1 Å². The van der Waals surface area contributed by atoms with E-state index >= 15 is 0 Å². The van der Waals surface area contributed by atoms with Gasteiger partial charge in [-0.2, -0.15) is 0 Å². The first-order valence-corrected chi connectivity index (χ1v) is 18.1. The molecule has 0 atom stereocenters. The third-order valence-electron chi connectivity index (χ3n) is 9.46. The molecule has 4 heteroatoms. The number of rotatable bonds is 5. The van der Waals surface area contributed by atoms with Crippen LogP contribution in [0.5, 0.6) is 0 Å². The summed E-state index contributed by atoms with van der Waals surface area (Å²) in [5, 5.41) is 1.14. The molecule has 0 aliphatic carbocycles.